The van der Waals surface area contributed by atoms with Gasteiger partial charge in [0.05, 0.1) is 17.1 Å². The third-order valence-corrected chi connectivity index (χ3v) is 16.5. The van der Waals surface area contributed by atoms with E-state index in [0.717, 1.165) is 31.8 Å². The van der Waals surface area contributed by atoms with E-state index in [0.29, 0.717) is 52.8 Å². The molecule has 1 saturated heterocycles. The molecule has 0 radical (unpaired) electrons. The summed E-state index contributed by atoms with van der Waals surface area (Å²) in [6.07, 6.45) is 13.8. The van der Waals surface area contributed by atoms with Crippen molar-refractivity contribution >= 4 is 21.4 Å². The van der Waals surface area contributed by atoms with E-state index in [1.54, 1.807) is 12.1 Å². The third kappa shape index (κ3) is 5.45. The molecule has 7 atom stereocenters. The molecule has 5 aliphatic rings. The first-order chi connectivity index (χ1) is 21.1. The van der Waals surface area contributed by atoms with Crippen LogP contribution in [0.15, 0.2) is 30.3 Å². The van der Waals surface area contributed by atoms with Gasteiger partial charge in [0.15, 0.2) is 9.84 Å². The van der Waals surface area contributed by atoms with Crippen molar-refractivity contribution in [3.63, 3.8) is 0 Å². The molecule has 45 heavy (non-hydrogen) atoms. The molecular weight excluding hydrogens is 580 g/mol. The van der Waals surface area contributed by atoms with Crippen molar-refractivity contribution in [3.05, 3.63) is 41.5 Å². The Kier molecular flexibility index (Phi) is 8.47. The summed E-state index contributed by atoms with van der Waals surface area (Å²) in [5.41, 5.74) is 4.07. The minimum atomic E-state index is -2.83. The highest BCUT2D eigenvalue weighted by Gasteiger charge is 2.67. The molecule has 250 valence electrons. The fourth-order valence-corrected chi connectivity index (χ4v) is 13.2. The first kappa shape index (κ1) is 33.2. The molecule has 0 aromatic heterocycles. The zero-order valence-corrected chi connectivity index (χ0v) is 29.6. The van der Waals surface area contributed by atoms with E-state index in [4.69, 9.17) is 0 Å². The van der Waals surface area contributed by atoms with Gasteiger partial charge in [0.2, 0.25) is 0 Å². The van der Waals surface area contributed by atoms with Crippen molar-refractivity contribution in [2.45, 2.75) is 105 Å². The first-order valence-electron chi connectivity index (χ1n) is 17.8. The van der Waals surface area contributed by atoms with Crippen LogP contribution < -0.4 is 5.32 Å². The van der Waals surface area contributed by atoms with Crippen LogP contribution in [0.25, 0.3) is 5.57 Å². The van der Waals surface area contributed by atoms with Crippen LogP contribution in [-0.2, 0) is 9.84 Å². The van der Waals surface area contributed by atoms with Crippen LogP contribution in [0.1, 0.15) is 115 Å². The fourth-order valence-electron chi connectivity index (χ4n) is 11.9. The van der Waals surface area contributed by atoms with Crippen molar-refractivity contribution in [1.82, 2.24) is 10.2 Å². The van der Waals surface area contributed by atoms with E-state index < -0.39 is 15.8 Å². The molecule has 7 heteroatoms. The van der Waals surface area contributed by atoms with Crippen molar-refractivity contribution in [2.24, 2.45) is 39.4 Å². The molecule has 1 aromatic carbocycles. The molecule has 3 saturated carbocycles. The van der Waals surface area contributed by atoms with Crippen molar-refractivity contribution in [3.8, 4) is 0 Å². The molecule has 4 fully saturated rings. The summed E-state index contributed by atoms with van der Waals surface area (Å²) in [6.45, 7) is 18.5. The van der Waals surface area contributed by atoms with Gasteiger partial charge >= 0.3 is 5.97 Å². The summed E-state index contributed by atoms with van der Waals surface area (Å²) < 4.78 is 23.8. The highest BCUT2D eigenvalue weighted by molar-refractivity contribution is 7.91. The number of benzene rings is 1. The molecule has 6 rings (SSSR count). The van der Waals surface area contributed by atoms with Gasteiger partial charge in [-0.05, 0) is 120 Å². The maximum Gasteiger partial charge on any atom is 0.335 e. The van der Waals surface area contributed by atoms with Crippen LogP contribution in [-0.4, -0.2) is 67.6 Å². The van der Waals surface area contributed by atoms with E-state index in [2.05, 4.69) is 57.8 Å². The van der Waals surface area contributed by atoms with E-state index in [-0.39, 0.29) is 16.4 Å². The lowest BCUT2D eigenvalue weighted by Gasteiger charge is -2.71. The SMILES string of the molecule is CCC1(NCCN2CCS(=O)(=O)CC2)CCC2(C)C(CCC3C4(C)CC=C(c5ccc(C(=O)O)cc5)C(C)(C)C4CCC32C)C1. The van der Waals surface area contributed by atoms with Gasteiger partial charge in [-0.25, -0.2) is 13.2 Å². The van der Waals surface area contributed by atoms with Crippen molar-refractivity contribution < 1.29 is 18.3 Å². The second-order valence-corrected chi connectivity index (χ2v) is 19.2. The van der Waals surface area contributed by atoms with Gasteiger partial charge < -0.3 is 15.3 Å². The average Bonchev–Trinajstić information content (AvgIpc) is 2.98. The predicted octanol–water partition coefficient (Wildman–Crippen LogP) is 7.31. The molecule has 0 amide bonds. The van der Waals surface area contributed by atoms with Crippen LogP contribution in [0.2, 0.25) is 0 Å². The molecule has 7 unspecified atom stereocenters. The van der Waals surface area contributed by atoms with Gasteiger partial charge in [0.1, 0.15) is 0 Å². The van der Waals surface area contributed by atoms with E-state index in [9.17, 15) is 18.3 Å². The second-order valence-electron chi connectivity index (χ2n) is 16.9. The average molecular weight is 639 g/mol. The number of nitrogens with one attached hydrogen (secondary N) is 1. The molecule has 0 bridgehead atoms. The lowest BCUT2D eigenvalue weighted by Crippen LogP contribution is -2.65. The Morgan fingerprint density at radius 2 is 1.62 bits per heavy atom. The molecular formula is C38H58N2O4S. The number of fused-ring (bicyclic) bond motifs is 5. The number of aromatic carboxylic acids is 1. The number of hydrogen-bond acceptors (Lipinski definition) is 5. The van der Waals surface area contributed by atoms with Crippen molar-refractivity contribution in [2.75, 3.05) is 37.7 Å². The zero-order chi connectivity index (χ0) is 32.5. The van der Waals surface area contributed by atoms with Gasteiger partial charge in [-0.3, -0.25) is 0 Å². The summed E-state index contributed by atoms with van der Waals surface area (Å²) in [6, 6.07) is 7.56. The Bertz CT molecular complexity index is 1420. The van der Waals surface area contributed by atoms with Crippen LogP contribution in [0.5, 0.6) is 0 Å². The number of nitrogens with zero attached hydrogens (tertiary/aromatic N) is 1. The van der Waals surface area contributed by atoms with Gasteiger partial charge in [-0.15, -0.1) is 0 Å². The molecule has 6 nitrogen and oxygen atoms in total. The van der Waals surface area contributed by atoms with Gasteiger partial charge in [-0.1, -0.05) is 59.8 Å². The minimum absolute atomic E-state index is 0.0310. The van der Waals surface area contributed by atoms with E-state index in [1.165, 1.54) is 56.1 Å². The molecule has 1 aromatic rings. The Morgan fingerprint density at radius 1 is 0.933 bits per heavy atom. The largest absolute Gasteiger partial charge is 0.478 e. The zero-order valence-electron chi connectivity index (χ0n) is 28.8. The fraction of sp³-hybridized carbons (Fsp3) is 0.763. The number of allylic oxidation sites excluding steroid dienone is 2. The Morgan fingerprint density at radius 3 is 2.27 bits per heavy atom. The summed E-state index contributed by atoms with van der Waals surface area (Å²) in [5, 5.41) is 13.5. The lowest BCUT2D eigenvalue weighted by atomic mass is 9.34. The summed E-state index contributed by atoms with van der Waals surface area (Å²) in [4.78, 5) is 13.8. The lowest BCUT2D eigenvalue weighted by molar-refractivity contribution is -0.206. The number of carboxylic acids is 1. The summed E-state index contributed by atoms with van der Waals surface area (Å²) in [7, 11) is -2.83. The molecule has 1 aliphatic heterocycles. The normalized spacial score (nSPS) is 40.8. The second kappa shape index (κ2) is 11.5. The number of hydrogen-bond donors (Lipinski definition) is 2. The quantitative estimate of drug-likeness (QED) is 0.326. The Hall–Kier alpha value is -1.70. The molecule has 4 aliphatic carbocycles. The predicted molar refractivity (Wildman–Crippen MR) is 183 cm³/mol. The number of carbonyl (C=O) groups is 1. The number of rotatable bonds is 7. The Balaban J connectivity index is 1.18. The van der Waals surface area contributed by atoms with Crippen molar-refractivity contribution in [1.29, 1.82) is 0 Å². The molecule has 0 spiro atoms. The van der Waals surface area contributed by atoms with Crippen LogP contribution in [0, 0.1) is 39.4 Å². The van der Waals surface area contributed by atoms with Gasteiger partial charge in [0, 0.05) is 31.7 Å². The first-order valence-corrected chi connectivity index (χ1v) is 19.6. The monoisotopic (exact) mass is 638 g/mol. The van der Waals surface area contributed by atoms with Crippen LogP contribution >= 0.6 is 0 Å². The van der Waals surface area contributed by atoms with E-state index >= 15 is 0 Å². The molecule has 2 N–H and O–H groups in total. The van der Waals surface area contributed by atoms with Gasteiger partial charge in [-0.2, -0.15) is 0 Å². The molecule has 1 heterocycles. The smallest absolute Gasteiger partial charge is 0.335 e. The maximum absolute atomic E-state index is 11.9. The Labute approximate surface area is 272 Å². The van der Waals surface area contributed by atoms with E-state index in [1.807, 2.05) is 12.1 Å². The number of carboxylic acid groups (broad SMARTS) is 1. The number of sulfone groups is 1. The topological polar surface area (TPSA) is 86.7 Å². The minimum Gasteiger partial charge on any atom is -0.478 e. The van der Waals surface area contributed by atoms with Gasteiger partial charge in [0.25, 0.3) is 0 Å². The van der Waals surface area contributed by atoms with Crippen LogP contribution in [0.3, 0.4) is 0 Å². The highest BCUT2D eigenvalue weighted by atomic mass is 32.2. The highest BCUT2D eigenvalue weighted by Crippen LogP contribution is 2.74. The summed E-state index contributed by atoms with van der Waals surface area (Å²) >= 11 is 0. The third-order valence-electron chi connectivity index (χ3n) is 14.9. The van der Waals surface area contributed by atoms with Crippen LogP contribution in [0.4, 0.5) is 0 Å². The summed E-state index contributed by atoms with van der Waals surface area (Å²) in [5.74, 6) is 1.78. The standard InChI is InChI=1S/C38H58N2O4S/c1-7-38(39-20-21-40-22-24-45(43,44)25-23-40)19-18-36(5)29(26-38)12-13-32-35(4)16-14-30(27-8-10-28(11-9-27)33(41)42)34(2,3)31(35)15-17-37(32,36)6/h8-11,14,29,31-32,39H,7,12-13,15-26H2,1-6H3,(H,41,42). The maximum atomic E-state index is 11.9.